The lowest BCUT2D eigenvalue weighted by atomic mass is 9.97. The molecule has 2 rings (SSSR count). The van der Waals surface area contributed by atoms with Crippen LogP contribution in [0, 0.1) is 0 Å². The van der Waals surface area contributed by atoms with Gasteiger partial charge in [-0.05, 0) is 35.9 Å². The molecule has 3 nitrogen and oxygen atoms in total. The van der Waals surface area contributed by atoms with E-state index in [4.69, 9.17) is 5.21 Å². The van der Waals surface area contributed by atoms with Crippen LogP contribution in [0.15, 0.2) is 33.9 Å². The van der Waals surface area contributed by atoms with Crippen LogP contribution in [0.3, 0.4) is 0 Å². The maximum atomic E-state index is 10.3. The first kappa shape index (κ1) is 13.9. The smallest absolute Gasteiger partial charge is 0.128 e. The zero-order chi connectivity index (χ0) is 13.8. The Morgan fingerprint density at radius 1 is 1.37 bits per heavy atom. The van der Waals surface area contributed by atoms with Gasteiger partial charge in [-0.15, -0.1) is 0 Å². The summed E-state index contributed by atoms with van der Waals surface area (Å²) in [5.41, 5.74) is 1.45. The van der Waals surface area contributed by atoms with Gasteiger partial charge in [0.25, 0.3) is 0 Å². The molecule has 0 aliphatic heterocycles. The number of hydrogen-bond donors (Lipinski definition) is 2. The minimum atomic E-state index is 0.200. The molecule has 0 spiro atoms. The third-order valence-corrected chi connectivity index (χ3v) is 3.85. The number of oxime groups is 1. The van der Waals surface area contributed by atoms with Gasteiger partial charge in [-0.3, -0.25) is 0 Å². The van der Waals surface area contributed by atoms with Crippen molar-refractivity contribution in [1.82, 2.24) is 0 Å². The lowest BCUT2D eigenvalue weighted by Crippen LogP contribution is -1.94. The number of hydrogen-bond acceptors (Lipinski definition) is 3. The molecule has 0 aliphatic rings. The van der Waals surface area contributed by atoms with Crippen molar-refractivity contribution in [1.29, 1.82) is 0 Å². The predicted octanol–water partition coefficient (Wildman–Crippen LogP) is 4.46. The Labute approximate surface area is 120 Å². The van der Waals surface area contributed by atoms with Crippen LogP contribution in [0.5, 0.6) is 5.75 Å². The standard InChI is InChI=1S/C15H16BrNO2/c1-2-3-5-11-8-10-6-4-7-13(16)14(10)12(9-17-19)15(11)18/h4,6-9,18-19H,2-3,5H2,1H3/b17-9+. The highest BCUT2D eigenvalue weighted by Gasteiger charge is 2.13. The first-order valence-corrected chi connectivity index (χ1v) is 7.08. The SMILES string of the molecule is CCCCc1cc2cccc(Br)c2c(/C=N/O)c1O. The fourth-order valence-corrected chi connectivity index (χ4v) is 2.83. The van der Waals surface area contributed by atoms with E-state index < -0.39 is 0 Å². The Morgan fingerprint density at radius 3 is 2.84 bits per heavy atom. The van der Waals surface area contributed by atoms with Crippen LogP contribution in [0.4, 0.5) is 0 Å². The van der Waals surface area contributed by atoms with Gasteiger partial charge in [-0.1, -0.05) is 46.6 Å². The fraction of sp³-hybridized carbons (Fsp3) is 0.267. The number of nitrogens with zero attached hydrogens (tertiary/aromatic N) is 1. The van der Waals surface area contributed by atoms with Crippen molar-refractivity contribution in [3.63, 3.8) is 0 Å². The maximum absolute atomic E-state index is 10.3. The lowest BCUT2D eigenvalue weighted by Gasteiger charge is -2.12. The fourth-order valence-electron chi connectivity index (χ4n) is 2.23. The van der Waals surface area contributed by atoms with Crippen LogP contribution < -0.4 is 0 Å². The molecule has 0 saturated carbocycles. The summed E-state index contributed by atoms with van der Waals surface area (Å²) < 4.78 is 0.872. The highest BCUT2D eigenvalue weighted by Crippen LogP contribution is 2.35. The Balaban J connectivity index is 2.71. The molecule has 2 aromatic carbocycles. The van der Waals surface area contributed by atoms with Gasteiger partial charge < -0.3 is 10.3 Å². The van der Waals surface area contributed by atoms with Crippen molar-refractivity contribution in [3.05, 3.63) is 39.9 Å². The van der Waals surface area contributed by atoms with E-state index in [0.29, 0.717) is 5.56 Å². The molecule has 4 heteroatoms. The van der Waals surface area contributed by atoms with E-state index >= 15 is 0 Å². The largest absolute Gasteiger partial charge is 0.507 e. The molecule has 0 bridgehead atoms. The average Bonchev–Trinajstić information content (AvgIpc) is 2.40. The zero-order valence-electron chi connectivity index (χ0n) is 10.7. The highest BCUT2D eigenvalue weighted by atomic mass is 79.9. The van der Waals surface area contributed by atoms with E-state index in [1.54, 1.807) is 0 Å². The molecule has 2 N–H and O–H groups in total. The summed E-state index contributed by atoms with van der Waals surface area (Å²) in [6.07, 6.45) is 4.19. The molecule has 0 atom stereocenters. The normalized spacial score (nSPS) is 11.5. The van der Waals surface area contributed by atoms with Crippen LogP contribution in [-0.2, 0) is 6.42 Å². The van der Waals surface area contributed by atoms with Gasteiger partial charge in [-0.2, -0.15) is 0 Å². The van der Waals surface area contributed by atoms with Crippen LogP contribution >= 0.6 is 15.9 Å². The quantitative estimate of drug-likeness (QED) is 0.496. The van der Waals surface area contributed by atoms with E-state index in [-0.39, 0.29) is 5.75 Å². The molecular formula is C15H16BrNO2. The molecule has 0 aliphatic carbocycles. The molecule has 0 heterocycles. The van der Waals surface area contributed by atoms with Crippen LogP contribution in [0.2, 0.25) is 0 Å². The second kappa shape index (κ2) is 6.06. The van der Waals surface area contributed by atoms with E-state index in [1.807, 2.05) is 24.3 Å². The van der Waals surface area contributed by atoms with Crippen LogP contribution in [0.25, 0.3) is 10.8 Å². The molecule has 0 saturated heterocycles. The molecule has 0 fully saturated rings. The second-order valence-electron chi connectivity index (χ2n) is 4.48. The van der Waals surface area contributed by atoms with Crippen molar-refractivity contribution < 1.29 is 10.3 Å². The topological polar surface area (TPSA) is 52.8 Å². The Morgan fingerprint density at radius 2 is 2.16 bits per heavy atom. The van der Waals surface area contributed by atoms with Crippen LogP contribution in [-0.4, -0.2) is 16.5 Å². The zero-order valence-corrected chi connectivity index (χ0v) is 12.3. The second-order valence-corrected chi connectivity index (χ2v) is 5.34. The molecular weight excluding hydrogens is 306 g/mol. The number of halogens is 1. The van der Waals surface area contributed by atoms with E-state index in [2.05, 4.69) is 28.0 Å². The van der Waals surface area contributed by atoms with Crippen molar-refractivity contribution in [2.45, 2.75) is 26.2 Å². The van der Waals surface area contributed by atoms with Crippen molar-refractivity contribution >= 4 is 32.9 Å². The number of unbranched alkanes of at least 4 members (excludes halogenated alkanes) is 1. The van der Waals surface area contributed by atoms with Crippen LogP contribution in [0.1, 0.15) is 30.9 Å². The molecule has 100 valence electrons. The number of aryl methyl sites for hydroxylation is 1. The molecule has 0 amide bonds. The molecule has 0 unspecified atom stereocenters. The van der Waals surface area contributed by atoms with Gasteiger partial charge in [0.15, 0.2) is 0 Å². The Bertz CT molecular complexity index is 623. The van der Waals surface area contributed by atoms with Gasteiger partial charge in [0.2, 0.25) is 0 Å². The van der Waals surface area contributed by atoms with Gasteiger partial charge in [0.05, 0.1) is 6.21 Å². The first-order chi connectivity index (χ1) is 9.19. The average molecular weight is 322 g/mol. The Hall–Kier alpha value is -1.55. The number of benzene rings is 2. The van der Waals surface area contributed by atoms with E-state index in [0.717, 1.165) is 40.1 Å². The number of rotatable bonds is 4. The summed E-state index contributed by atoms with van der Waals surface area (Å²) in [5, 5.41) is 24.1. The summed E-state index contributed by atoms with van der Waals surface area (Å²) in [7, 11) is 0. The summed E-state index contributed by atoms with van der Waals surface area (Å²) in [6.45, 7) is 2.12. The molecule has 19 heavy (non-hydrogen) atoms. The third-order valence-electron chi connectivity index (χ3n) is 3.19. The summed E-state index contributed by atoms with van der Waals surface area (Å²) in [4.78, 5) is 0. The number of phenols is 1. The number of phenolic OH excluding ortho intramolecular Hbond substituents is 1. The number of fused-ring (bicyclic) bond motifs is 1. The summed E-state index contributed by atoms with van der Waals surface area (Å²) in [6, 6.07) is 7.85. The molecule has 0 radical (unpaired) electrons. The third kappa shape index (κ3) is 2.73. The van der Waals surface area contributed by atoms with Crippen molar-refractivity contribution in [2.24, 2.45) is 5.16 Å². The predicted molar refractivity (Wildman–Crippen MR) is 81.3 cm³/mol. The van der Waals surface area contributed by atoms with E-state index in [1.165, 1.54) is 6.21 Å². The number of aromatic hydroxyl groups is 1. The monoisotopic (exact) mass is 321 g/mol. The summed E-state index contributed by atoms with van der Waals surface area (Å²) >= 11 is 3.47. The minimum Gasteiger partial charge on any atom is -0.507 e. The maximum Gasteiger partial charge on any atom is 0.128 e. The van der Waals surface area contributed by atoms with Crippen molar-refractivity contribution in [2.75, 3.05) is 0 Å². The minimum absolute atomic E-state index is 0.200. The lowest BCUT2D eigenvalue weighted by molar-refractivity contribution is 0.321. The first-order valence-electron chi connectivity index (χ1n) is 6.29. The van der Waals surface area contributed by atoms with Gasteiger partial charge in [-0.25, -0.2) is 0 Å². The molecule has 0 aromatic heterocycles. The van der Waals surface area contributed by atoms with Gasteiger partial charge in [0, 0.05) is 15.4 Å². The van der Waals surface area contributed by atoms with Gasteiger partial charge in [0.1, 0.15) is 5.75 Å². The van der Waals surface area contributed by atoms with Crippen molar-refractivity contribution in [3.8, 4) is 5.75 Å². The Kier molecular flexibility index (Phi) is 4.43. The van der Waals surface area contributed by atoms with E-state index in [9.17, 15) is 5.11 Å². The molecule has 2 aromatic rings. The summed E-state index contributed by atoms with van der Waals surface area (Å²) in [5.74, 6) is 0.200. The van der Waals surface area contributed by atoms with Gasteiger partial charge >= 0.3 is 0 Å². The highest BCUT2D eigenvalue weighted by molar-refractivity contribution is 9.10.